The molecule has 7 nitrogen and oxygen atoms in total. The number of rotatable bonds is 7. The van der Waals surface area contributed by atoms with Crippen LogP contribution in [0.1, 0.15) is 44.9 Å². The molecule has 0 radical (unpaired) electrons. The van der Waals surface area contributed by atoms with Gasteiger partial charge in [0.05, 0.1) is 10.8 Å². The van der Waals surface area contributed by atoms with E-state index in [4.69, 9.17) is 0 Å². The van der Waals surface area contributed by atoms with Gasteiger partial charge in [-0.3, -0.25) is 9.59 Å². The van der Waals surface area contributed by atoms with Crippen molar-refractivity contribution in [3.63, 3.8) is 0 Å². The Balaban J connectivity index is 1.25. The summed E-state index contributed by atoms with van der Waals surface area (Å²) in [5.74, 6) is -0.965. The molecule has 1 aromatic rings. The number of benzene rings is 1. The molecule has 1 amide bonds. The SMILES string of the molecule is O=C(O)C12CC3CC(C1)C(NC(=O)C1(CNS(=O)(=O)c4ccccc4F)CC1)C(C3)C2. The number of aliphatic carboxylic acids is 1. The van der Waals surface area contributed by atoms with Crippen LogP contribution < -0.4 is 10.0 Å². The molecule has 5 fully saturated rings. The minimum Gasteiger partial charge on any atom is -0.481 e. The van der Waals surface area contributed by atoms with E-state index in [0.29, 0.717) is 31.6 Å². The van der Waals surface area contributed by atoms with E-state index < -0.39 is 37.5 Å². The molecule has 0 saturated heterocycles. The summed E-state index contributed by atoms with van der Waals surface area (Å²) in [5, 5.41) is 12.9. The smallest absolute Gasteiger partial charge is 0.309 e. The predicted octanol–water partition coefficient (Wildman–Crippen LogP) is 2.28. The first kappa shape index (κ1) is 20.9. The van der Waals surface area contributed by atoms with Gasteiger partial charge in [0.2, 0.25) is 15.9 Å². The van der Waals surface area contributed by atoms with E-state index in [-0.39, 0.29) is 30.3 Å². The lowest BCUT2D eigenvalue weighted by molar-refractivity contribution is -0.168. The maximum atomic E-state index is 13.9. The zero-order chi connectivity index (χ0) is 22.0. The molecule has 6 rings (SSSR count). The minimum atomic E-state index is -4.06. The van der Waals surface area contributed by atoms with Crippen LogP contribution in [0.25, 0.3) is 0 Å². The summed E-state index contributed by atoms with van der Waals surface area (Å²) < 4.78 is 41.3. The van der Waals surface area contributed by atoms with E-state index in [1.165, 1.54) is 18.2 Å². The topological polar surface area (TPSA) is 113 Å². The predicted molar refractivity (Wildman–Crippen MR) is 109 cm³/mol. The highest BCUT2D eigenvalue weighted by Crippen LogP contribution is 2.60. The molecule has 3 N–H and O–H groups in total. The minimum absolute atomic E-state index is 0.0443. The number of sulfonamides is 1. The molecule has 0 spiro atoms. The Kier molecular flexibility index (Phi) is 4.71. The second-order valence-electron chi connectivity index (χ2n) is 10.1. The lowest BCUT2D eigenvalue weighted by atomic mass is 9.48. The average molecular weight is 451 g/mol. The number of carbonyl (C=O) groups excluding carboxylic acids is 1. The Morgan fingerprint density at radius 3 is 2.32 bits per heavy atom. The standard InChI is InChI=1S/C22H27FN2O5S/c23-16-3-1-2-4-17(16)31(29,30)24-12-21(5-6-21)19(26)25-18-14-7-13-8-15(18)11-22(9-13,10-14)20(27)28/h1-4,13-15,18,24H,5-12H2,(H,25,26)(H,27,28). The van der Waals surface area contributed by atoms with Gasteiger partial charge in [0.1, 0.15) is 10.7 Å². The van der Waals surface area contributed by atoms with Crippen LogP contribution in [0.5, 0.6) is 0 Å². The normalized spacial score (nSPS) is 35.0. The quantitative estimate of drug-likeness (QED) is 0.590. The van der Waals surface area contributed by atoms with Gasteiger partial charge in [-0.2, -0.15) is 0 Å². The van der Waals surface area contributed by atoms with Gasteiger partial charge in [-0.05, 0) is 74.8 Å². The van der Waals surface area contributed by atoms with Crippen LogP contribution in [0.15, 0.2) is 29.2 Å². The van der Waals surface area contributed by atoms with Crippen molar-refractivity contribution >= 4 is 21.9 Å². The summed E-state index contributed by atoms with van der Waals surface area (Å²) in [7, 11) is -4.06. The molecule has 31 heavy (non-hydrogen) atoms. The van der Waals surface area contributed by atoms with Gasteiger partial charge in [-0.25, -0.2) is 17.5 Å². The van der Waals surface area contributed by atoms with Crippen molar-refractivity contribution in [2.24, 2.45) is 28.6 Å². The van der Waals surface area contributed by atoms with Crippen molar-refractivity contribution in [3.8, 4) is 0 Å². The van der Waals surface area contributed by atoms with Gasteiger partial charge >= 0.3 is 5.97 Å². The fourth-order valence-electron chi connectivity index (χ4n) is 6.43. The molecule has 1 aromatic carbocycles. The van der Waals surface area contributed by atoms with E-state index in [0.717, 1.165) is 25.3 Å². The van der Waals surface area contributed by atoms with E-state index in [2.05, 4.69) is 10.0 Å². The fraction of sp³-hybridized carbons (Fsp3) is 0.636. The van der Waals surface area contributed by atoms with Gasteiger partial charge in [0, 0.05) is 12.6 Å². The lowest BCUT2D eigenvalue weighted by Crippen LogP contribution is -2.62. The van der Waals surface area contributed by atoms with Crippen LogP contribution >= 0.6 is 0 Å². The number of nitrogens with one attached hydrogen (secondary N) is 2. The first-order valence-corrected chi connectivity index (χ1v) is 12.4. The number of hydrogen-bond donors (Lipinski definition) is 3. The molecule has 5 saturated carbocycles. The first-order chi connectivity index (χ1) is 14.6. The maximum Gasteiger partial charge on any atom is 0.309 e. The zero-order valence-electron chi connectivity index (χ0n) is 17.1. The highest BCUT2D eigenvalue weighted by Gasteiger charge is 2.60. The Bertz CT molecular complexity index is 1020. The second kappa shape index (κ2) is 7.00. The van der Waals surface area contributed by atoms with Crippen molar-refractivity contribution < 1.29 is 27.5 Å². The summed E-state index contributed by atoms with van der Waals surface area (Å²) in [5.41, 5.74) is -1.44. The second-order valence-corrected chi connectivity index (χ2v) is 11.8. The summed E-state index contributed by atoms with van der Waals surface area (Å²) in [6.45, 7) is -0.0702. The van der Waals surface area contributed by atoms with Crippen molar-refractivity contribution in [2.45, 2.75) is 55.9 Å². The van der Waals surface area contributed by atoms with E-state index in [9.17, 15) is 27.5 Å². The number of hydrogen-bond acceptors (Lipinski definition) is 4. The molecule has 168 valence electrons. The molecule has 0 aliphatic heterocycles. The van der Waals surface area contributed by atoms with Gasteiger partial charge in [-0.1, -0.05) is 12.1 Å². The van der Waals surface area contributed by atoms with Gasteiger partial charge in [0.25, 0.3) is 0 Å². The van der Waals surface area contributed by atoms with Crippen LogP contribution in [0.2, 0.25) is 0 Å². The van der Waals surface area contributed by atoms with Crippen LogP contribution in [0.3, 0.4) is 0 Å². The third-order valence-electron chi connectivity index (χ3n) is 8.09. The monoisotopic (exact) mass is 450 g/mol. The zero-order valence-corrected chi connectivity index (χ0v) is 18.0. The van der Waals surface area contributed by atoms with Crippen molar-refractivity contribution in [1.29, 1.82) is 0 Å². The van der Waals surface area contributed by atoms with E-state index in [1.807, 2.05) is 0 Å². The summed E-state index contributed by atoms with van der Waals surface area (Å²) >= 11 is 0. The average Bonchev–Trinajstić information content (AvgIpc) is 3.50. The Morgan fingerprint density at radius 2 is 1.74 bits per heavy atom. The van der Waals surface area contributed by atoms with Crippen LogP contribution in [0, 0.1) is 34.4 Å². The molecule has 2 atom stereocenters. The molecule has 5 aliphatic rings. The van der Waals surface area contributed by atoms with Gasteiger partial charge in [0.15, 0.2) is 0 Å². The molecular weight excluding hydrogens is 423 g/mol. The molecule has 9 heteroatoms. The van der Waals surface area contributed by atoms with Gasteiger partial charge < -0.3 is 10.4 Å². The Labute approximate surface area is 180 Å². The molecule has 5 aliphatic carbocycles. The van der Waals surface area contributed by atoms with Crippen molar-refractivity contribution in [2.75, 3.05) is 6.54 Å². The van der Waals surface area contributed by atoms with Crippen molar-refractivity contribution in [1.82, 2.24) is 10.0 Å². The lowest BCUT2D eigenvalue weighted by Gasteiger charge is -2.58. The molecule has 2 unspecified atom stereocenters. The number of amides is 1. The largest absolute Gasteiger partial charge is 0.481 e. The third kappa shape index (κ3) is 3.46. The summed E-state index contributed by atoms with van der Waals surface area (Å²) in [6.07, 6.45) is 5.00. The highest BCUT2D eigenvalue weighted by molar-refractivity contribution is 7.89. The van der Waals surface area contributed by atoms with Crippen LogP contribution in [0.4, 0.5) is 4.39 Å². The van der Waals surface area contributed by atoms with Crippen LogP contribution in [-0.4, -0.2) is 38.0 Å². The molecule has 0 aromatic heterocycles. The van der Waals surface area contributed by atoms with E-state index >= 15 is 0 Å². The van der Waals surface area contributed by atoms with Crippen LogP contribution in [-0.2, 0) is 19.6 Å². The summed E-state index contributed by atoms with van der Waals surface area (Å²) in [6, 6.07) is 5.11. The summed E-state index contributed by atoms with van der Waals surface area (Å²) in [4.78, 5) is 24.6. The number of carboxylic acid groups (broad SMARTS) is 1. The number of halogens is 1. The van der Waals surface area contributed by atoms with Gasteiger partial charge in [-0.15, -0.1) is 0 Å². The molecule has 0 heterocycles. The maximum absolute atomic E-state index is 13.9. The Morgan fingerprint density at radius 1 is 1.10 bits per heavy atom. The Hall–Kier alpha value is -2.00. The first-order valence-electron chi connectivity index (χ1n) is 10.9. The number of carboxylic acids is 1. The van der Waals surface area contributed by atoms with E-state index in [1.54, 1.807) is 0 Å². The highest BCUT2D eigenvalue weighted by atomic mass is 32.2. The fourth-order valence-corrected chi connectivity index (χ4v) is 7.64. The number of carbonyl (C=O) groups is 2. The molecular formula is C22H27FN2O5S. The molecule has 4 bridgehead atoms. The van der Waals surface area contributed by atoms with Crippen molar-refractivity contribution in [3.05, 3.63) is 30.1 Å². The third-order valence-corrected chi connectivity index (χ3v) is 9.52.